The Bertz CT molecular complexity index is 633. The van der Waals surface area contributed by atoms with Crippen LogP contribution in [0.3, 0.4) is 0 Å². The van der Waals surface area contributed by atoms with E-state index in [1.54, 1.807) is 38.1 Å². The lowest BCUT2D eigenvalue weighted by atomic mass is 9.90. The molecule has 1 fully saturated rings. The summed E-state index contributed by atoms with van der Waals surface area (Å²) in [4.78, 5) is 36.2. The third-order valence-electron chi connectivity index (χ3n) is 4.21. The maximum Gasteiger partial charge on any atom is 0.337 e. The van der Waals surface area contributed by atoms with Crippen LogP contribution in [-0.4, -0.2) is 44.1 Å². The van der Waals surface area contributed by atoms with Gasteiger partial charge in [0.1, 0.15) is 5.41 Å². The second-order valence-electron chi connectivity index (χ2n) is 6.49. The second kappa shape index (κ2) is 8.11. The van der Waals surface area contributed by atoms with Crippen LogP contribution in [0.2, 0.25) is 0 Å². The molecule has 2 amide bonds. The predicted octanol–water partition coefficient (Wildman–Crippen LogP) is 1.73. The van der Waals surface area contributed by atoms with Gasteiger partial charge in [-0.25, -0.2) is 4.79 Å². The van der Waals surface area contributed by atoms with Crippen LogP contribution in [0.15, 0.2) is 24.3 Å². The molecule has 1 unspecified atom stereocenters. The first-order chi connectivity index (χ1) is 11.8. The summed E-state index contributed by atoms with van der Waals surface area (Å²) < 4.78 is 10.1. The lowest BCUT2D eigenvalue weighted by Gasteiger charge is -2.23. The Balaban J connectivity index is 1.92. The Morgan fingerprint density at radius 1 is 1.20 bits per heavy atom. The zero-order chi connectivity index (χ0) is 18.4. The minimum atomic E-state index is -1.24. The van der Waals surface area contributed by atoms with E-state index >= 15 is 0 Å². The molecule has 1 aromatic rings. The van der Waals surface area contributed by atoms with Crippen LogP contribution >= 0.6 is 0 Å². The third kappa shape index (κ3) is 4.79. The van der Waals surface area contributed by atoms with Crippen molar-refractivity contribution in [3.8, 4) is 0 Å². The average molecular weight is 348 g/mol. The van der Waals surface area contributed by atoms with E-state index in [1.807, 2.05) is 0 Å². The molecule has 1 aromatic carbocycles. The number of esters is 1. The third-order valence-corrected chi connectivity index (χ3v) is 4.21. The van der Waals surface area contributed by atoms with Gasteiger partial charge in [-0.2, -0.15) is 0 Å². The van der Waals surface area contributed by atoms with Gasteiger partial charge in [0.05, 0.1) is 18.8 Å². The number of anilines is 1. The summed E-state index contributed by atoms with van der Waals surface area (Å²) in [5.41, 5.74) is -0.355. The molecule has 136 valence electrons. The fraction of sp³-hybridized carbons (Fsp3) is 0.500. The maximum atomic E-state index is 12.5. The summed E-state index contributed by atoms with van der Waals surface area (Å²) in [6, 6.07) is 6.27. The molecular formula is C18H24N2O5. The Hall–Kier alpha value is -2.41. The van der Waals surface area contributed by atoms with Crippen molar-refractivity contribution in [3.63, 3.8) is 0 Å². The van der Waals surface area contributed by atoms with Gasteiger partial charge in [0, 0.05) is 18.8 Å². The van der Waals surface area contributed by atoms with Gasteiger partial charge in [-0.3, -0.25) is 9.59 Å². The molecule has 1 saturated heterocycles. The molecule has 0 aliphatic carbocycles. The topological polar surface area (TPSA) is 93.7 Å². The molecule has 0 radical (unpaired) electrons. The molecule has 25 heavy (non-hydrogen) atoms. The quantitative estimate of drug-likeness (QED) is 0.603. The van der Waals surface area contributed by atoms with Gasteiger partial charge in [0.25, 0.3) is 0 Å². The van der Waals surface area contributed by atoms with E-state index in [2.05, 4.69) is 15.4 Å². The van der Waals surface area contributed by atoms with Crippen molar-refractivity contribution in [2.24, 2.45) is 5.41 Å². The lowest BCUT2D eigenvalue weighted by molar-refractivity contribution is -0.138. The highest BCUT2D eigenvalue weighted by atomic mass is 16.5. The largest absolute Gasteiger partial charge is 0.465 e. The minimum absolute atomic E-state index is 0.0219. The zero-order valence-electron chi connectivity index (χ0n) is 14.8. The second-order valence-corrected chi connectivity index (χ2v) is 6.49. The smallest absolute Gasteiger partial charge is 0.337 e. The molecule has 1 aliphatic heterocycles. The molecule has 0 saturated carbocycles. The molecule has 0 spiro atoms. The first-order valence-corrected chi connectivity index (χ1v) is 8.24. The van der Waals surface area contributed by atoms with Gasteiger partial charge in [-0.15, -0.1) is 0 Å². The summed E-state index contributed by atoms with van der Waals surface area (Å²) in [6.45, 7) is 4.25. The van der Waals surface area contributed by atoms with E-state index in [1.165, 1.54) is 7.11 Å². The maximum absolute atomic E-state index is 12.5. The Morgan fingerprint density at radius 3 is 2.44 bits per heavy atom. The van der Waals surface area contributed by atoms with E-state index in [9.17, 15) is 14.4 Å². The highest BCUT2D eigenvalue weighted by Crippen LogP contribution is 2.20. The Labute approximate surface area is 147 Å². The molecule has 7 heteroatoms. The molecule has 1 aliphatic rings. The molecule has 1 atom stereocenters. The average Bonchev–Trinajstić information content (AvgIpc) is 3.13. The molecule has 2 N–H and O–H groups in total. The van der Waals surface area contributed by atoms with Gasteiger partial charge >= 0.3 is 5.97 Å². The molecule has 2 rings (SSSR count). The van der Waals surface area contributed by atoms with Gasteiger partial charge < -0.3 is 20.1 Å². The highest BCUT2D eigenvalue weighted by molar-refractivity contribution is 6.09. The summed E-state index contributed by atoms with van der Waals surface area (Å²) in [7, 11) is 1.30. The number of ether oxygens (including phenoxy) is 2. The predicted molar refractivity (Wildman–Crippen MR) is 92.2 cm³/mol. The Morgan fingerprint density at radius 2 is 1.88 bits per heavy atom. The minimum Gasteiger partial charge on any atom is -0.465 e. The van der Waals surface area contributed by atoms with Crippen molar-refractivity contribution >= 4 is 23.5 Å². The number of carbonyl (C=O) groups is 3. The van der Waals surface area contributed by atoms with Crippen molar-refractivity contribution < 1.29 is 23.9 Å². The van der Waals surface area contributed by atoms with Crippen molar-refractivity contribution in [3.05, 3.63) is 29.8 Å². The number of amides is 2. The van der Waals surface area contributed by atoms with E-state index in [4.69, 9.17) is 4.74 Å². The molecule has 1 heterocycles. The molecule has 7 nitrogen and oxygen atoms in total. The zero-order valence-corrected chi connectivity index (χ0v) is 14.8. The van der Waals surface area contributed by atoms with Crippen LogP contribution in [0.1, 0.15) is 37.0 Å². The first-order valence-electron chi connectivity index (χ1n) is 8.24. The standard InChI is InChI=1S/C18H24N2O5/c1-18(2,16(22)19-11-14-5-4-10-25-14)17(23)20-13-8-6-12(7-9-13)15(21)24-3/h6-9,14H,4-5,10-11H2,1-3H3,(H,19,22)(H,20,23). The number of nitrogens with one attached hydrogen (secondary N) is 2. The molecule has 0 bridgehead atoms. The van der Waals surface area contributed by atoms with Gasteiger partial charge in [-0.05, 0) is 51.0 Å². The lowest BCUT2D eigenvalue weighted by Crippen LogP contribution is -2.47. The summed E-state index contributed by atoms with van der Waals surface area (Å²) in [5.74, 6) is -1.23. The molecule has 0 aromatic heterocycles. The summed E-state index contributed by atoms with van der Waals surface area (Å²) in [5, 5.41) is 5.47. The number of hydrogen-bond donors (Lipinski definition) is 2. The van der Waals surface area contributed by atoms with Gasteiger partial charge in [-0.1, -0.05) is 0 Å². The fourth-order valence-electron chi connectivity index (χ4n) is 2.43. The SMILES string of the molecule is COC(=O)c1ccc(NC(=O)C(C)(C)C(=O)NCC2CCCO2)cc1. The summed E-state index contributed by atoms with van der Waals surface area (Å²) >= 11 is 0. The van der Waals surface area contributed by atoms with Crippen LogP contribution in [0.5, 0.6) is 0 Å². The van der Waals surface area contributed by atoms with Crippen molar-refractivity contribution in [1.82, 2.24) is 5.32 Å². The Kier molecular flexibility index (Phi) is 6.14. The van der Waals surface area contributed by atoms with Crippen molar-refractivity contribution in [1.29, 1.82) is 0 Å². The van der Waals surface area contributed by atoms with E-state index in [0.29, 0.717) is 24.4 Å². The van der Waals surface area contributed by atoms with Gasteiger partial charge in [0.15, 0.2) is 0 Å². The number of methoxy groups -OCH3 is 1. The van der Waals surface area contributed by atoms with E-state index < -0.39 is 17.3 Å². The van der Waals surface area contributed by atoms with Crippen LogP contribution in [0.4, 0.5) is 5.69 Å². The highest BCUT2D eigenvalue weighted by Gasteiger charge is 2.36. The van der Waals surface area contributed by atoms with Crippen LogP contribution in [-0.2, 0) is 19.1 Å². The number of rotatable bonds is 6. The van der Waals surface area contributed by atoms with E-state index in [-0.39, 0.29) is 12.0 Å². The molecular weight excluding hydrogens is 324 g/mol. The van der Waals surface area contributed by atoms with Crippen molar-refractivity contribution in [2.75, 3.05) is 25.6 Å². The fourth-order valence-corrected chi connectivity index (χ4v) is 2.43. The van der Waals surface area contributed by atoms with Gasteiger partial charge in [0.2, 0.25) is 11.8 Å². The summed E-state index contributed by atoms with van der Waals surface area (Å²) in [6.07, 6.45) is 1.93. The number of carbonyl (C=O) groups excluding carboxylic acids is 3. The van der Waals surface area contributed by atoms with Crippen LogP contribution in [0.25, 0.3) is 0 Å². The first kappa shape index (κ1) is 18.9. The number of hydrogen-bond acceptors (Lipinski definition) is 5. The number of benzene rings is 1. The van der Waals surface area contributed by atoms with E-state index in [0.717, 1.165) is 12.8 Å². The van der Waals surface area contributed by atoms with Crippen molar-refractivity contribution in [2.45, 2.75) is 32.8 Å². The normalized spacial score (nSPS) is 17.0. The van der Waals surface area contributed by atoms with Crippen LogP contribution < -0.4 is 10.6 Å². The van der Waals surface area contributed by atoms with Crippen LogP contribution in [0, 0.1) is 5.41 Å². The monoisotopic (exact) mass is 348 g/mol.